The molecule has 0 spiro atoms. The van der Waals surface area contributed by atoms with Gasteiger partial charge in [0.2, 0.25) is 0 Å². The van der Waals surface area contributed by atoms with Crippen molar-refractivity contribution in [1.29, 1.82) is 0 Å². The topological polar surface area (TPSA) is 9.23 Å². The fraction of sp³-hybridized carbons (Fsp3) is 1.00. The Morgan fingerprint density at radius 3 is 1.86 bits per heavy atom. The summed E-state index contributed by atoms with van der Waals surface area (Å²) in [5.74, 6) is 0. The van der Waals surface area contributed by atoms with Gasteiger partial charge in [-0.25, -0.2) is 0 Å². The van der Waals surface area contributed by atoms with Crippen LogP contribution in [0.3, 0.4) is 0 Å². The second-order valence-electron chi connectivity index (χ2n) is 1.61. The van der Waals surface area contributed by atoms with Crippen molar-refractivity contribution in [2.24, 2.45) is 0 Å². The van der Waals surface area contributed by atoms with Crippen LogP contribution in [-0.4, -0.2) is 6.10 Å². The molecule has 0 unspecified atom stereocenters. The van der Waals surface area contributed by atoms with Crippen molar-refractivity contribution in [3.05, 3.63) is 0 Å². The molecule has 0 amide bonds. The van der Waals surface area contributed by atoms with Crippen molar-refractivity contribution >= 4 is 0 Å². The number of rotatable bonds is 3. The van der Waals surface area contributed by atoms with Gasteiger partial charge >= 0.3 is 62.0 Å². The molecule has 0 rings (SSSR count). The second-order valence-corrected chi connectivity index (χ2v) is 2.90. The maximum atomic E-state index is 5.24. The molecular formula is C5H11HgO. The molecule has 0 radical (unpaired) electrons. The van der Waals surface area contributed by atoms with Gasteiger partial charge in [-0.3, -0.25) is 0 Å². The number of hydrogen-bond acceptors (Lipinski definition) is 1. The first-order valence-electron chi connectivity index (χ1n) is 2.76. The van der Waals surface area contributed by atoms with Gasteiger partial charge in [0.1, 0.15) is 0 Å². The van der Waals surface area contributed by atoms with Gasteiger partial charge in [-0.15, -0.1) is 0 Å². The summed E-state index contributed by atoms with van der Waals surface area (Å²) in [6, 6.07) is 0. The second kappa shape index (κ2) is 5.04. The zero-order chi connectivity index (χ0) is 5.70. The van der Waals surface area contributed by atoms with Crippen LogP contribution >= 0.6 is 0 Å². The zero-order valence-corrected chi connectivity index (χ0v) is 10.6. The molecule has 0 aliphatic heterocycles. The summed E-state index contributed by atoms with van der Waals surface area (Å²) >= 11 is 0.543. The van der Waals surface area contributed by atoms with Crippen molar-refractivity contribution in [1.82, 2.24) is 0 Å². The Labute approximate surface area is 62.1 Å². The van der Waals surface area contributed by atoms with Crippen LogP contribution in [0.4, 0.5) is 0 Å². The van der Waals surface area contributed by atoms with Gasteiger partial charge in [0.15, 0.2) is 0 Å². The molecule has 0 aromatic rings. The fourth-order valence-electron chi connectivity index (χ4n) is 0.524. The predicted molar refractivity (Wildman–Crippen MR) is 25.5 cm³/mol. The van der Waals surface area contributed by atoms with Crippen LogP contribution in [-0.2, 0) is 29.2 Å². The minimum absolute atomic E-state index is 0.543. The van der Waals surface area contributed by atoms with Gasteiger partial charge in [0, 0.05) is 0 Å². The van der Waals surface area contributed by atoms with Gasteiger partial charge in [0.05, 0.1) is 0 Å². The summed E-state index contributed by atoms with van der Waals surface area (Å²) < 4.78 is 5.24. The predicted octanol–water partition coefficient (Wildman–Crippen LogP) is 1.65. The summed E-state index contributed by atoms with van der Waals surface area (Å²) in [6.45, 7) is 4.34. The van der Waals surface area contributed by atoms with Gasteiger partial charge in [0.25, 0.3) is 0 Å². The molecule has 0 aliphatic rings. The van der Waals surface area contributed by atoms with Gasteiger partial charge in [-0.1, -0.05) is 0 Å². The van der Waals surface area contributed by atoms with Crippen LogP contribution in [0.1, 0.15) is 26.7 Å². The molecule has 39 valence electrons. The van der Waals surface area contributed by atoms with Crippen molar-refractivity contribution < 1.29 is 29.2 Å². The van der Waals surface area contributed by atoms with Crippen molar-refractivity contribution in [3.63, 3.8) is 0 Å². The summed E-state index contributed by atoms with van der Waals surface area (Å²) in [4.78, 5) is 0. The van der Waals surface area contributed by atoms with Crippen LogP contribution in [0.15, 0.2) is 0 Å². The van der Waals surface area contributed by atoms with E-state index in [4.69, 9.17) is 2.64 Å². The molecule has 0 aliphatic carbocycles. The standard InChI is InChI=1S/C5H11O.Hg/c1-3-5(6)4-2;/h5H,3-4H2,1-2H3;/q-1;+1. The summed E-state index contributed by atoms with van der Waals surface area (Å²) in [5.41, 5.74) is 0. The molecule has 0 fully saturated rings. The Morgan fingerprint density at radius 2 is 1.86 bits per heavy atom. The van der Waals surface area contributed by atoms with E-state index < -0.39 is 0 Å². The Bertz CT molecular complexity index is 29.6. The van der Waals surface area contributed by atoms with E-state index in [-0.39, 0.29) is 0 Å². The Kier molecular flexibility index (Phi) is 5.68. The van der Waals surface area contributed by atoms with Gasteiger partial charge < -0.3 is 0 Å². The Morgan fingerprint density at radius 1 is 1.43 bits per heavy atom. The quantitative estimate of drug-likeness (QED) is 0.717. The Balaban J connectivity index is 2.99. The summed E-state index contributed by atoms with van der Waals surface area (Å²) in [7, 11) is 0. The van der Waals surface area contributed by atoms with Crippen LogP contribution in [0.5, 0.6) is 0 Å². The third kappa shape index (κ3) is 3.48. The van der Waals surface area contributed by atoms with Gasteiger partial charge in [-0.05, 0) is 0 Å². The van der Waals surface area contributed by atoms with E-state index in [1.165, 1.54) is 12.8 Å². The molecular weight excluding hydrogens is 277 g/mol. The summed E-state index contributed by atoms with van der Waals surface area (Å²) in [5, 5.41) is 0. The van der Waals surface area contributed by atoms with Crippen LogP contribution in [0.25, 0.3) is 0 Å². The van der Waals surface area contributed by atoms with E-state index in [2.05, 4.69) is 13.8 Å². The number of hydrogen-bond donors (Lipinski definition) is 0. The molecule has 2 heteroatoms. The van der Waals surface area contributed by atoms with Crippen molar-refractivity contribution in [2.75, 3.05) is 0 Å². The molecule has 1 nitrogen and oxygen atoms in total. The van der Waals surface area contributed by atoms with Gasteiger partial charge in [-0.2, -0.15) is 0 Å². The normalized spacial score (nSPS) is 10.4. The van der Waals surface area contributed by atoms with E-state index in [9.17, 15) is 0 Å². The van der Waals surface area contributed by atoms with Crippen LogP contribution < -0.4 is 0 Å². The van der Waals surface area contributed by atoms with Crippen LogP contribution in [0, 0.1) is 0 Å². The SMILES string of the molecule is CCC(CC)[O][Hg]. The molecule has 0 atom stereocenters. The van der Waals surface area contributed by atoms with Crippen molar-refractivity contribution in [2.45, 2.75) is 32.8 Å². The Hall–Kier alpha value is 0.895. The summed E-state index contributed by atoms with van der Waals surface area (Å²) in [6.07, 6.45) is 2.93. The first-order valence-corrected chi connectivity index (χ1v) is 5.00. The van der Waals surface area contributed by atoms with E-state index in [0.29, 0.717) is 32.7 Å². The molecule has 0 heterocycles. The average molecular weight is 288 g/mol. The van der Waals surface area contributed by atoms with E-state index in [0.717, 1.165) is 0 Å². The average Bonchev–Trinajstić information content (AvgIpc) is 1.72. The first-order chi connectivity index (χ1) is 3.35. The maximum absolute atomic E-state index is 5.24. The fourth-order valence-corrected chi connectivity index (χ4v) is 2.36. The molecule has 0 N–H and O–H groups in total. The minimum atomic E-state index is 0.543. The molecule has 0 bridgehead atoms. The first kappa shape index (κ1) is 7.90. The van der Waals surface area contributed by atoms with Crippen LogP contribution in [0.2, 0.25) is 0 Å². The molecule has 7 heavy (non-hydrogen) atoms. The molecule has 0 saturated heterocycles. The van der Waals surface area contributed by atoms with E-state index in [1.807, 2.05) is 0 Å². The van der Waals surface area contributed by atoms with Crippen molar-refractivity contribution in [3.8, 4) is 0 Å². The third-order valence-corrected chi connectivity index (χ3v) is 2.98. The third-order valence-electron chi connectivity index (χ3n) is 1.15. The van der Waals surface area contributed by atoms with E-state index >= 15 is 0 Å². The molecule has 0 aromatic heterocycles. The molecule has 0 aromatic carbocycles. The monoisotopic (exact) mass is 289 g/mol. The van der Waals surface area contributed by atoms with E-state index in [1.54, 1.807) is 0 Å². The zero-order valence-electron chi connectivity index (χ0n) is 5.11. The molecule has 0 saturated carbocycles.